The van der Waals surface area contributed by atoms with Crippen molar-refractivity contribution >= 4 is 5.97 Å². The van der Waals surface area contributed by atoms with Crippen LogP contribution in [0.5, 0.6) is 5.75 Å². The standard InChI is InChI=1S/C10H9F3O4/c1-17-8(15)9(16,10(11,12)13)6-2-4-7(14)5-3-6/h2-5,14,16H,1H3/t9-/m1/s1. The molecular weight excluding hydrogens is 241 g/mol. The molecule has 0 spiro atoms. The summed E-state index contributed by atoms with van der Waals surface area (Å²) in [4.78, 5) is 11.1. The van der Waals surface area contributed by atoms with E-state index in [0.717, 1.165) is 31.4 Å². The number of hydrogen-bond acceptors (Lipinski definition) is 4. The second kappa shape index (κ2) is 4.25. The van der Waals surface area contributed by atoms with Crippen LogP contribution in [0, 0.1) is 0 Å². The number of methoxy groups -OCH3 is 1. The SMILES string of the molecule is COC(=O)[C@](O)(c1ccc(O)cc1)C(F)(F)F. The van der Waals surface area contributed by atoms with Gasteiger partial charge in [-0.05, 0) is 12.1 Å². The number of hydrogen-bond donors (Lipinski definition) is 2. The number of phenols is 1. The first kappa shape index (κ1) is 13.3. The topological polar surface area (TPSA) is 66.8 Å². The van der Waals surface area contributed by atoms with E-state index in [0.29, 0.717) is 0 Å². The lowest BCUT2D eigenvalue weighted by atomic mass is 9.93. The van der Waals surface area contributed by atoms with Crippen LogP contribution in [0.4, 0.5) is 13.2 Å². The van der Waals surface area contributed by atoms with E-state index in [1.165, 1.54) is 0 Å². The predicted molar refractivity (Wildman–Crippen MR) is 50.1 cm³/mol. The molecule has 0 unspecified atom stereocenters. The Hall–Kier alpha value is -1.76. The molecule has 1 aromatic rings. The van der Waals surface area contributed by atoms with Gasteiger partial charge in [0.15, 0.2) is 0 Å². The first-order valence-electron chi connectivity index (χ1n) is 4.40. The Morgan fingerprint density at radius 3 is 2.06 bits per heavy atom. The van der Waals surface area contributed by atoms with Gasteiger partial charge in [-0.2, -0.15) is 13.2 Å². The molecule has 17 heavy (non-hydrogen) atoms. The highest BCUT2D eigenvalue weighted by atomic mass is 19.4. The van der Waals surface area contributed by atoms with Crippen LogP contribution in [0.1, 0.15) is 5.56 Å². The molecule has 0 aromatic heterocycles. The van der Waals surface area contributed by atoms with Crippen molar-refractivity contribution in [3.05, 3.63) is 29.8 Å². The third-order valence-corrected chi connectivity index (χ3v) is 2.18. The summed E-state index contributed by atoms with van der Waals surface area (Å²) >= 11 is 0. The van der Waals surface area contributed by atoms with Gasteiger partial charge in [-0.3, -0.25) is 0 Å². The van der Waals surface area contributed by atoms with Gasteiger partial charge in [-0.25, -0.2) is 4.79 Å². The van der Waals surface area contributed by atoms with Gasteiger partial charge >= 0.3 is 12.1 Å². The van der Waals surface area contributed by atoms with Crippen molar-refractivity contribution in [1.82, 2.24) is 0 Å². The van der Waals surface area contributed by atoms with Gasteiger partial charge in [-0.1, -0.05) is 12.1 Å². The Morgan fingerprint density at radius 1 is 1.24 bits per heavy atom. The monoisotopic (exact) mass is 250 g/mol. The fraction of sp³-hybridized carbons (Fsp3) is 0.300. The molecule has 0 aliphatic carbocycles. The second-order valence-corrected chi connectivity index (χ2v) is 3.25. The van der Waals surface area contributed by atoms with Crippen molar-refractivity contribution in [2.24, 2.45) is 0 Å². The molecule has 0 amide bonds. The average Bonchev–Trinajstić information content (AvgIpc) is 2.26. The number of benzene rings is 1. The minimum Gasteiger partial charge on any atom is -0.508 e. The lowest BCUT2D eigenvalue weighted by Gasteiger charge is -2.27. The van der Waals surface area contributed by atoms with Gasteiger partial charge < -0.3 is 14.9 Å². The van der Waals surface area contributed by atoms with Crippen LogP contribution in [0.2, 0.25) is 0 Å². The van der Waals surface area contributed by atoms with Crippen LogP contribution in [0.25, 0.3) is 0 Å². The van der Waals surface area contributed by atoms with Crippen LogP contribution in [-0.2, 0) is 15.1 Å². The summed E-state index contributed by atoms with van der Waals surface area (Å²) in [5.41, 5.74) is -4.47. The largest absolute Gasteiger partial charge is 0.508 e. The summed E-state index contributed by atoms with van der Waals surface area (Å²) in [7, 11) is 0.736. The van der Waals surface area contributed by atoms with E-state index in [9.17, 15) is 23.1 Å². The molecule has 0 bridgehead atoms. The van der Waals surface area contributed by atoms with Crippen molar-refractivity contribution in [2.45, 2.75) is 11.8 Å². The minimum atomic E-state index is -5.23. The summed E-state index contributed by atoms with van der Waals surface area (Å²) in [5, 5.41) is 18.4. The molecule has 0 aliphatic rings. The summed E-state index contributed by atoms with van der Waals surface area (Å²) in [6.45, 7) is 0. The smallest absolute Gasteiger partial charge is 0.432 e. The first-order valence-corrected chi connectivity index (χ1v) is 4.40. The minimum absolute atomic E-state index is 0.289. The van der Waals surface area contributed by atoms with E-state index in [1.807, 2.05) is 0 Å². The van der Waals surface area contributed by atoms with Gasteiger partial charge in [-0.15, -0.1) is 0 Å². The van der Waals surface area contributed by atoms with E-state index in [1.54, 1.807) is 0 Å². The molecular formula is C10H9F3O4. The summed E-state index contributed by atoms with van der Waals surface area (Å²) < 4.78 is 42.1. The van der Waals surface area contributed by atoms with E-state index in [2.05, 4.69) is 4.74 Å². The number of carbonyl (C=O) groups excluding carboxylic acids is 1. The Kier molecular flexibility index (Phi) is 3.33. The molecule has 1 rings (SSSR count). The summed E-state index contributed by atoms with van der Waals surface area (Å²) in [5.74, 6) is -2.13. The van der Waals surface area contributed by atoms with Gasteiger partial charge in [0.1, 0.15) is 5.75 Å². The van der Waals surface area contributed by atoms with Crippen LogP contribution in [-0.4, -0.2) is 29.5 Å². The Balaban J connectivity index is 3.34. The van der Waals surface area contributed by atoms with Crippen LogP contribution in [0.15, 0.2) is 24.3 Å². The molecule has 0 radical (unpaired) electrons. The van der Waals surface area contributed by atoms with E-state index >= 15 is 0 Å². The molecule has 2 N–H and O–H groups in total. The fourth-order valence-electron chi connectivity index (χ4n) is 1.25. The molecule has 0 saturated heterocycles. The van der Waals surface area contributed by atoms with Crippen LogP contribution >= 0.6 is 0 Å². The first-order chi connectivity index (χ1) is 7.73. The molecule has 4 nitrogen and oxygen atoms in total. The van der Waals surface area contributed by atoms with Crippen molar-refractivity contribution < 1.29 is 32.9 Å². The highest BCUT2D eigenvalue weighted by Crippen LogP contribution is 2.40. The molecule has 0 aliphatic heterocycles. The molecule has 0 fully saturated rings. The number of ether oxygens (including phenoxy) is 1. The maximum atomic E-state index is 12.7. The van der Waals surface area contributed by atoms with Gasteiger partial charge in [0.2, 0.25) is 0 Å². The predicted octanol–water partition coefficient (Wildman–Crippen LogP) is 1.32. The average molecular weight is 250 g/mol. The molecule has 1 atom stereocenters. The molecule has 7 heteroatoms. The summed E-state index contributed by atoms with van der Waals surface area (Å²) in [6.07, 6.45) is -5.23. The van der Waals surface area contributed by atoms with Crippen LogP contribution in [0.3, 0.4) is 0 Å². The molecule has 1 aromatic carbocycles. The van der Waals surface area contributed by atoms with E-state index in [-0.39, 0.29) is 5.75 Å². The zero-order valence-corrected chi connectivity index (χ0v) is 8.65. The van der Waals surface area contributed by atoms with Crippen molar-refractivity contribution in [3.63, 3.8) is 0 Å². The number of phenolic OH excluding ortho intramolecular Hbond substituents is 1. The number of halogens is 3. The van der Waals surface area contributed by atoms with E-state index in [4.69, 9.17) is 5.11 Å². The maximum absolute atomic E-state index is 12.7. The fourth-order valence-corrected chi connectivity index (χ4v) is 1.25. The lowest BCUT2D eigenvalue weighted by molar-refractivity contribution is -0.266. The lowest BCUT2D eigenvalue weighted by Crippen LogP contribution is -2.49. The number of aromatic hydroxyl groups is 1. The molecule has 94 valence electrons. The van der Waals surface area contributed by atoms with Gasteiger partial charge in [0.25, 0.3) is 5.60 Å². The Bertz CT molecular complexity index is 413. The number of rotatable bonds is 2. The quantitative estimate of drug-likeness (QED) is 0.777. The van der Waals surface area contributed by atoms with Crippen molar-refractivity contribution in [3.8, 4) is 5.75 Å². The highest BCUT2D eigenvalue weighted by molar-refractivity contribution is 5.82. The zero-order chi connectivity index (χ0) is 13.3. The second-order valence-electron chi connectivity index (χ2n) is 3.25. The Morgan fingerprint density at radius 2 is 1.71 bits per heavy atom. The molecule has 0 heterocycles. The van der Waals surface area contributed by atoms with E-state index < -0.39 is 23.3 Å². The molecule has 0 saturated carbocycles. The number of carbonyl (C=O) groups is 1. The third-order valence-electron chi connectivity index (χ3n) is 2.18. The Labute approximate surface area is 94.3 Å². The number of alkyl halides is 3. The van der Waals surface area contributed by atoms with Gasteiger partial charge in [0.05, 0.1) is 7.11 Å². The normalized spacial score (nSPS) is 15.1. The highest BCUT2D eigenvalue weighted by Gasteiger charge is 2.62. The number of aliphatic hydroxyl groups is 1. The van der Waals surface area contributed by atoms with Crippen LogP contribution < -0.4 is 0 Å². The third kappa shape index (κ3) is 2.19. The van der Waals surface area contributed by atoms with Gasteiger partial charge in [0, 0.05) is 5.56 Å². The maximum Gasteiger partial charge on any atom is 0.432 e. The summed E-state index contributed by atoms with van der Waals surface area (Å²) in [6, 6.07) is 3.43. The van der Waals surface area contributed by atoms with Crippen molar-refractivity contribution in [2.75, 3.05) is 7.11 Å². The zero-order valence-electron chi connectivity index (χ0n) is 8.65. The van der Waals surface area contributed by atoms with Crippen molar-refractivity contribution in [1.29, 1.82) is 0 Å². The number of esters is 1.